The second kappa shape index (κ2) is 6.24. The van der Waals surface area contributed by atoms with Gasteiger partial charge in [0.15, 0.2) is 5.82 Å². The smallest absolute Gasteiger partial charge is 0.264 e. The van der Waals surface area contributed by atoms with Gasteiger partial charge in [0, 0.05) is 5.92 Å². The minimum absolute atomic E-state index is 0.0119. The number of benzene rings is 1. The number of aromatic nitrogens is 2. The lowest BCUT2D eigenvalue weighted by atomic mass is 9.91. The lowest BCUT2D eigenvalue weighted by Crippen LogP contribution is -2.04. The molecule has 0 unspecified atom stereocenters. The van der Waals surface area contributed by atoms with Gasteiger partial charge in [0.2, 0.25) is 0 Å². The Balaban J connectivity index is 1.85. The van der Waals surface area contributed by atoms with Gasteiger partial charge in [-0.25, -0.2) is 4.39 Å². The maximum atomic E-state index is 13.8. The fourth-order valence-corrected chi connectivity index (χ4v) is 2.94. The summed E-state index contributed by atoms with van der Waals surface area (Å²) in [6.45, 7) is 0. The predicted molar refractivity (Wildman–Crippen MR) is 76.4 cm³/mol. The minimum atomic E-state index is -0.553. The van der Waals surface area contributed by atoms with Crippen molar-refractivity contribution in [1.82, 2.24) is 10.1 Å². The Kier molecular flexibility index (Phi) is 4.18. The summed E-state index contributed by atoms with van der Waals surface area (Å²) in [6.07, 6.45) is 8.21. The number of halogens is 1. The summed E-state index contributed by atoms with van der Waals surface area (Å²) in [4.78, 5) is 4.32. The average Bonchev–Trinajstić information content (AvgIpc) is 2.87. The largest absolute Gasteiger partial charge is 0.507 e. The van der Waals surface area contributed by atoms with E-state index in [1.165, 1.54) is 50.3 Å². The predicted octanol–water partition coefficient (Wildman–Crippen LogP) is 4.41. The molecule has 0 spiro atoms. The van der Waals surface area contributed by atoms with Crippen molar-refractivity contribution in [3.05, 3.63) is 29.8 Å². The summed E-state index contributed by atoms with van der Waals surface area (Å²) in [6, 6.07) is 4.13. The van der Waals surface area contributed by atoms with Gasteiger partial charge in [-0.1, -0.05) is 43.3 Å². The standard InChI is InChI=1S/C16H19FN2O2/c17-12-9-6-10-13(20)14(12)16-18-15(19-21-16)11-7-4-2-1-3-5-8-11/h6,9-11,20H,1-5,7-8H2. The molecular formula is C16H19FN2O2. The molecule has 1 fully saturated rings. The van der Waals surface area contributed by atoms with Crippen LogP contribution in [0.3, 0.4) is 0 Å². The number of nitrogens with zero attached hydrogens (tertiary/aromatic N) is 2. The lowest BCUT2D eigenvalue weighted by molar-refractivity contribution is 0.390. The highest BCUT2D eigenvalue weighted by Crippen LogP contribution is 2.34. The summed E-state index contributed by atoms with van der Waals surface area (Å²) >= 11 is 0. The van der Waals surface area contributed by atoms with Crippen molar-refractivity contribution in [3.8, 4) is 17.2 Å². The highest BCUT2D eigenvalue weighted by molar-refractivity contribution is 5.62. The van der Waals surface area contributed by atoms with Crippen LogP contribution in [-0.2, 0) is 0 Å². The summed E-state index contributed by atoms with van der Waals surface area (Å²) in [5.41, 5.74) is -0.0119. The third kappa shape index (κ3) is 3.06. The molecule has 0 aliphatic heterocycles. The third-order valence-electron chi connectivity index (χ3n) is 4.12. The SMILES string of the molecule is Oc1cccc(F)c1-c1nc(C2CCCCCCC2)no1. The van der Waals surface area contributed by atoms with Crippen LogP contribution in [0.25, 0.3) is 11.5 Å². The fraction of sp³-hybridized carbons (Fsp3) is 0.500. The van der Waals surface area contributed by atoms with E-state index in [4.69, 9.17) is 4.52 Å². The van der Waals surface area contributed by atoms with Gasteiger partial charge in [-0.15, -0.1) is 0 Å². The molecule has 5 heteroatoms. The summed E-state index contributed by atoms with van der Waals surface area (Å²) < 4.78 is 19.0. The first kappa shape index (κ1) is 14.0. The zero-order valence-corrected chi connectivity index (χ0v) is 11.9. The average molecular weight is 290 g/mol. The van der Waals surface area contributed by atoms with E-state index in [1.807, 2.05) is 0 Å². The summed E-state index contributed by atoms with van der Waals surface area (Å²) in [7, 11) is 0. The molecule has 1 N–H and O–H groups in total. The van der Waals surface area contributed by atoms with E-state index in [0.717, 1.165) is 12.8 Å². The molecule has 4 nitrogen and oxygen atoms in total. The number of hydrogen-bond donors (Lipinski definition) is 1. The third-order valence-corrected chi connectivity index (χ3v) is 4.12. The molecule has 3 rings (SSSR count). The number of phenolic OH excluding ortho intramolecular Hbond substituents is 1. The summed E-state index contributed by atoms with van der Waals surface area (Å²) in [5.74, 6) is 0.236. The molecule has 0 radical (unpaired) electrons. The molecular weight excluding hydrogens is 271 g/mol. The highest BCUT2D eigenvalue weighted by Gasteiger charge is 2.22. The molecule has 1 aliphatic rings. The molecule has 21 heavy (non-hydrogen) atoms. The normalized spacial score (nSPS) is 17.4. The maximum Gasteiger partial charge on any atom is 0.264 e. The van der Waals surface area contributed by atoms with Gasteiger partial charge in [-0.05, 0) is 25.0 Å². The van der Waals surface area contributed by atoms with E-state index in [0.29, 0.717) is 5.82 Å². The van der Waals surface area contributed by atoms with Crippen molar-refractivity contribution in [2.75, 3.05) is 0 Å². The van der Waals surface area contributed by atoms with Gasteiger partial charge >= 0.3 is 0 Å². The number of aromatic hydroxyl groups is 1. The molecule has 1 aromatic carbocycles. The number of phenols is 1. The Labute approximate surface area is 123 Å². The van der Waals surface area contributed by atoms with Crippen molar-refractivity contribution < 1.29 is 14.0 Å². The minimum Gasteiger partial charge on any atom is -0.507 e. The molecule has 0 amide bonds. The van der Waals surface area contributed by atoms with Crippen LogP contribution < -0.4 is 0 Å². The molecule has 1 heterocycles. The molecule has 2 aromatic rings. The lowest BCUT2D eigenvalue weighted by Gasteiger charge is -2.15. The fourth-order valence-electron chi connectivity index (χ4n) is 2.94. The second-order valence-corrected chi connectivity index (χ2v) is 5.63. The van der Waals surface area contributed by atoms with Crippen LogP contribution in [0.5, 0.6) is 5.75 Å². The van der Waals surface area contributed by atoms with E-state index in [1.54, 1.807) is 0 Å². The molecule has 1 saturated carbocycles. The zero-order chi connectivity index (χ0) is 14.7. The molecule has 0 bridgehead atoms. The van der Waals surface area contributed by atoms with Crippen LogP contribution >= 0.6 is 0 Å². The molecule has 1 aromatic heterocycles. The Hall–Kier alpha value is -1.91. The Morgan fingerprint density at radius 2 is 1.81 bits per heavy atom. The van der Waals surface area contributed by atoms with E-state index < -0.39 is 5.82 Å². The van der Waals surface area contributed by atoms with E-state index in [9.17, 15) is 9.50 Å². The van der Waals surface area contributed by atoms with Crippen LogP contribution in [0.2, 0.25) is 0 Å². The first-order valence-corrected chi connectivity index (χ1v) is 7.57. The molecule has 1 aliphatic carbocycles. The maximum absolute atomic E-state index is 13.8. The van der Waals surface area contributed by atoms with Crippen molar-refractivity contribution in [2.45, 2.75) is 50.9 Å². The van der Waals surface area contributed by atoms with Crippen molar-refractivity contribution in [2.24, 2.45) is 0 Å². The van der Waals surface area contributed by atoms with Gasteiger partial charge in [-0.2, -0.15) is 4.98 Å². The van der Waals surface area contributed by atoms with Gasteiger partial charge in [0.1, 0.15) is 17.1 Å². The van der Waals surface area contributed by atoms with Gasteiger partial charge in [0.05, 0.1) is 0 Å². The van der Waals surface area contributed by atoms with Crippen LogP contribution in [-0.4, -0.2) is 15.2 Å². The Morgan fingerprint density at radius 1 is 1.10 bits per heavy atom. The second-order valence-electron chi connectivity index (χ2n) is 5.63. The van der Waals surface area contributed by atoms with Crippen molar-refractivity contribution in [1.29, 1.82) is 0 Å². The number of rotatable bonds is 2. The Morgan fingerprint density at radius 3 is 2.52 bits per heavy atom. The van der Waals surface area contributed by atoms with Crippen LogP contribution in [0.4, 0.5) is 4.39 Å². The van der Waals surface area contributed by atoms with E-state index >= 15 is 0 Å². The topological polar surface area (TPSA) is 59.2 Å². The molecule has 112 valence electrons. The van der Waals surface area contributed by atoms with Gasteiger partial charge in [0.25, 0.3) is 5.89 Å². The quantitative estimate of drug-likeness (QED) is 0.890. The van der Waals surface area contributed by atoms with Crippen LogP contribution in [0, 0.1) is 5.82 Å². The monoisotopic (exact) mass is 290 g/mol. The van der Waals surface area contributed by atoms with Crippen molar-refractivity contribution in [3.63, 3.8) is 0 Å². The van der Waals surface area contributed by atoms with E-state index in [2.05, 4.69) is 10.1 Å². The molecule has 0 atom stereocenters. The van der Waals surface area contributed by atoms with Crippen LogP contribution in [0.15, 0.2) is 22.7 Å². The zero-order valence-electron chi connectivity index (χ0n) is 11.9. The number of hydrogen-bond acceptors (Lipinski definition) is 4. The summed E-state index contributed by atoms with van der Waals surface area (Å²) in [5, 5.41) is 13.8. The first-order valence-electron chi connectivity index (χ1n) is 7.57. The van der Waals surface area contributed by atoms with Crippen molar-refractivity contribution >= 4 is 0 Å². The van der Waals surface area contributed by atoms with Crippen LogP contribution in [0.1, 0.15) is 56.7 Å². The Bertz CT molecular complexity index is 584. The highest BCUT2D eigenvalue weighted by atomic mass is 19.1. The van der Waals surface area contributed by atoms with Gasteiger partial charge < -0.3 is 9.63 Å². The first-order chi connectivity index (χ1) is 10.3. The van der Waals surface area contributed by atoms with E-state index in [-0.39, 0.29) is 23.1 Å². The molecule has 0 saturated heterocycles. The van der Waals surface area contributed by atoms with Gasteiger partial charge in [-0.3, -0.25) is 0 Å².